The van der Waals surface area contributed by atoms with Gasteiger partial charge in [0.2, 0.25) is 6.71 Å². The van der Waals surface area contributed by atoms with Crippen molar-refractivity contribution in [1.82, 2.24) is 0 Å². The van der Waals surface area contributed by atoms with Gasteiger partial charge in [0, 0.05) is 22.2 Å². The third-order valence-corrected chi connectivity index (χ3v) is 13.0. The molecular formula is C55H42BN. The highest BCUT2D eigenvalue weighted by molar-refractivity contribution is 6.98. The number of fused-ring (bicyclic) bond motifs is 4. The Labute approximate surface area is 335 Å². The van der Waals surface area contributed by atoms with Crippen LogP contribution in [-0.4, -0.2) is 6.71 Å². The number of hydrogen-bond acceptors (Lipinski definition) is 1. The van der Waals surface area contributed by atoms with E-state index in [4.69, 9.17) is 0 Å². The Morgan fingerprint density at radius 2 is 1.07 bits per heavy atom. The predicted molar refractivity (Wildman–Crippen MR) is 247 cm³/mol. The van der Waals surface area contributed by atoms with Crippen LogP contribution in [0.1, 0.15) is 36.1 Å². The van der Waals surface area contributed by atoms with E-state index < -0.39 is 0 Å². The summed E-state index contributed by atoms with van der Waals surface area (Å²) in [6, 6.07) is 68.2. The highest BCUT2D eigenvalue weighted by atomic mass is 15.1. The van der Waals surface area contributed by atoms with Crippen LogP contribution < -0.4 is 21.3 Å². The maximum absolute atomic E-state index is 2.49. The SMILES string of the molecule is Cc1ccccc1B(c1cccc2ccccc12)c1ccc2ccc3c(N(c4ccccc4)c4ccc5c(c4)C(C)(C)c4ccccc4-5)cc(C)c4ccc1c2c43. The predicted octanol–water partition coefficient (Wildman–Crippen LogP) is 12.6. The maximum atomic E-state index is 2.49. The number of aryl methyl sites for hydroxylation is 2. The van der Waals surface area contributed by atoms with Gasteiger partial charge in [-0.25, -0.2) is 0 Å². The number of hydrogen-bond donors (Lipinski definition) is 0. The maximum Gasteiger partial charge on any atom is 0.243 e. The van der Waals surface area contributed by atoms with E-state index in [1.54, 1.807) is 0 Å². The molecule has 11 rings (SSSR count). The Morgan fingerprint density at radius 3 is 1.95 bits per heavy atom. The Bertz CT molecular complexity index is 3190. The summed E-state index contributed by atoms with van der Waals surface area (Å²) < 4.78 is 0. The zero-order valence-corrected chi connectivity index (χ0v) is 32.8. The molecule has 2 heteroatoms. The fourth-order valence-electron chi connectivity index (χ4n) is 10.3. The topological polar surface area (TPSA) is 3.24 Å². The lowest BCUT2D eigenvalue weighted by molar-refractivity contribution is 0.660. The van der Waals surface area contributed by atoms with Crippen LogP contribution in [0.4, 0.5) is 17.1 Å². The summed E-state index contributed by atoms with van der Waals surface area (Å²) in [4.78, 5) is 2.49. The molecule has 0 bridgehead atoms. The van der Waals surface area contributed by atoms with E-state index in [9.17, 15) is 0 Å². The highest BCUT2D eigenvalue weighted by Crippen LogP contribution is 2.51. The van der Waals surface area contributed by atoms with E-state index in [0.717, 1.165) is 5.69 Å². The molecule has 0 aromatic heterocycles. The van der Waals surface area contributed by atoms with Crippen LogP contribution in [0.5, 0.6) is 0 Å². The molecule has 0 heterocycles. The lowest BCUT2D eigenvalue weighted by atomic mass is 9.35. The Balaban J connectivity index is 1.18. The molecule has 0 atom stereocenters. The highest BCUT2D eigenvalue weighted by Gasteiger charge is 2.36. The van der Waals surface area contributed by atoms with Gasteiger partial charge in [0.15, 0.2) is 0 Å². The normalized spacial score (nSPS) is 13.1. The van der Waals surface area contributed by atoms with Crippen LogP contribution in [0, 0.1) is 13.8 Å². The van der Waals surface area contributed by atoms with Crippen molar-refractivity contribution in [2.75, 3.05) is 4.90 Å². The third kappa shape index (κ3) is 5.03. The first-order valence-electron chi connectivity index (χ1n) is 20.2. The molecule has 0 radical (unpaired) electrons. The van der Waals surface area contributed by atoms with Gasteiger partial charge in [-0.15, -0.1) is 0 Å². The van der Waals surface area contributed by atoms with Crippen LogP contribution in [0.25, 0.3) is 54.2 Å². The summed E-state index contributed by atoms with van der Waals surface area (Å²) >= 11 is 0. The molecule has 1 aliphatic rings. The summed E-state index contributed by atoms with van der Waals surface area (Å²) in [5.41, 5.74) is 15.5. The zero-order chi connectivity index (χ0) is 38.4. The summed E-state index contributed by atoms with van der Waals surface area (Å²) in [6.45, 7) is 9.34. The molecule has 57 heavy (non-hydrogen) atoms. The molecule has 10 aromatic carbocycles. The van der Waals surface area contributed by atoms with Crippen LogP contribution in [0.2, 0.25) is 0 Å². The van der Waals surface area contributed by atoms with Crippen molar-refractivity contribution in [3.8, 4) is 11.1 Å². The average Bonchev–Trinajstić information content (AvgIpc) is 3.47. The van der Waals surface area contributed by atoms with Crippen LogP contribution in [0.15, 0.2) is 182 Å². The fraction of sp³-hybridized carbons (Fsp3) is 0.0909. The van der Waals surface area contributed by atoms with Crippen molar-refractivity contribution >= 4 is 83.3 Å². The lowest BCUT2D eigenvalue weighted by Crippen LogP contribution is -2.53. The molecule has 1 aliphatic carbocycles. The first-order valence-corrected chi connectivity index (χ1v) is 20.2. The number of benzene rings is 10. The molecule has 0 aliphatic heterocycles. The molecule has 10 aromatic rings. The first kappa shape index (κ1) is 33.7. The van der Waals surface area contributed by atoms with Crippen molar-refractivity contribution in [3.63, 3.8) is 0 Å². The monoisotopic (exact) mass is 727 g/mol. The van der Waals surface area contributed by atoms with E-state index in [-0.39, 0.29) is 12.1 Å². The van der Waals surface area contributed by atoms with Crippen molar-refractivity contribution in [1.29, 1.82) is 0 Å². The second kappa shape index (κ2) is 12.7. The summed E-state index contributed by atoms with van der Waals surface area (Å²) in [5.74, 6) is 0. The largest absolute Gasteiger partial charge is 0.310 e. The Hall–Kier alpha value is -6.64. The molecule has 0 amide bonds. The number of nitrogens with zero attached hydrogens (tertiary/aromatic N) is 1. The van der Waals surface area contributed by atoms with Gasteiger partial charge < -0.3 is 4.90 Å². The molecule has 0 unspecified atom stereocenters. The van der Waals surface area contributed by atoms with Crippen molar-refractivity contribution < 1.29 is 0 Å². The van der Waals surface area contributed by atoms with Crippen molar-refractivity contribution in [2.45, 2.75) is 33.1 Å². The van der Waals surface area contributed by atoms with E-state index in [1.165, 1.54) is 104 Å². The standard InChI is InChI=1S/C55H42BN/c1-35-15-8-13-23-49(35)56(50-24-14-17-37-16-9-10-20-42(37)50)51-32-26-38-25-28-46-52(33-36(2)41-30-31-45(51)53(38)54(41)46)57(39-18-6-5-7-19-39)40-27-29-44-43-21-11-12-22-47(43)55(3,4)48(44)34-40/h5-34H,1-4H3. The average molecular weight is 728 g/mol. The molecule has 0 saturated carbocycles. The van der Waals surface area contributed by atoms with Crippen LogP contribution >= 0.6 is 0 Å². The molecule has 0 N–H and O–H groups in total. The number of para-hydroxylation sites is 1. The second-order valence-corrected chi connectivity index (χ2v) is 16.5. The van der Waals surface area contributed by atoms with Crippen LogP contribution in [0.3, 0.4) is 0 Å². The molecule has 0 saturated heterocycles. The van der Waals surface area contributed by atoms with E-state index in [1.807, 2.05) is 0 Å². The summed E-state index contributed by atoms with van der Waals surface area (Å²) in [6.07, 6.45) is 0. The van der Waals surface area contributed by atoms with Crippen molar-refractivity contribution in [2.24, 2.45) is 0 Å². The van der Waals surface area contributed by atoms with Gasteiger partial charge in [0.05, 0.1) is 5.69 Å². The van der Waals surface area contributed by atoms with Gasteiger partial charge in [-0.3, -0.25) is 0 Å². The third-order valence-electron chi connectivity index (χ3n) is 13.0. The second-order valence-electron chi connectivity index (χ2n) is 16.5. The molecule has 0 spiro atoms. The first-order chi connectivity index (χ1) is 27.9. The quantitative estimate of drug-likeness (QED) is 0.122. The Morgan fingerprint density at radius 1 is 0.404 bits per heavy atom. The van der Waals surface area contributed by atoms with Gasteiger partial charge in [-0.1, -0.05) is 187 Å². The number of anilines is 3. The van der Waals surface area contributed by atoms with Gasteiger partial charge in [-0.05, 0) is 110 Å². The van der Waals surface area contributed by atoms with E-state index in [2.05, 4.69) is 215 Å². The van der Waals surface area contributed by atoms with Gasteiger partial charge in [0.1, 0.15) is 0 Å². The summed E-state index contributed by atoms with van der Waals surface area (Å²) in [5, 5.41) is 10.4. The van der Waals surface area contributed by atoms with Gasteiger partial charge >= 0.3 is 0 Å². The molecular weight excluding hydrogens is 685 g/mol. The smallest absolute Gasteiger partial charge is 0.243 e. The molecule has 1 nitrogen and oxygen atoms in total. The Kier molecular flexibility index (Phi) is 7.50. The fourth-order valence-corrected chi connectivity index (χ4v) is 10.3. The van der Waals surface area contributed by atoms with Gasteiger partial charge in [0.25, 0.3) is 0 Å². The minimum atomic E-state index is -0.100. The molecule has 0 fully saturated rings. The number of rotatable bonds is 6. The van der Waals surface area contributed by atoms with Crippen LogP contribution in [-0.2, 0) is 5.41 Å². The zero-order valence-electron chi connectivity index (χ0n) is 32.8. The minimum Gasteiger partial charge on any atom is -0.310 e. The minimum absolute atomic E-state index is 0.0575. The van der Waals surface area contributed by atoms with E-state index >= 15 is 0 Å². The van der Waals surface area contributed by atoms with Crippen molar-refractivity contribution in [3.05, 3.63) is 204 Å². The van der Waals surface area contributed by atoms with Gasteiger partial charge in [-0.2, -0.15) is 0 Å². The van der Waals surface area contributed by atoms with E-state index in [0.29, 0.717) is 0 Å². The lowest BCUT2D eigenvalue weighted by Gasteiger charge is -2.30. The summed E-state index contributed by atoms with van der Waals surface area (Å²) in [7, 11) is 0. The molecule has 270 valence electrons.